The standard InChI is InChI=1S/C9H14O3/c10-4-6-3-9-7(1-2-12-9)8(6)5-11/h3,7-11H,1-2,4-5H2/t7-,8-,9+/m1/s1. The second-order valence-corrected chi connectivity index (χ2v) is 3.48. The van der Waals surface area contributed by atoms with Gasteiger partial charge >= 0.3 is 0 Å². The third-order valence-electron chi connectivity index (χ3n) is 2.93. The highest BCUT2D eigenvalue weighted by Gasteiger charge is 2.39. The summed E-state index contributed by atoms with van der Waals surface area (Å²) in [4.78, 5) is 0. The number of fused-ring (bicyclic) bond motifs is 1. The first kappa shape index (κ1) is 8.23. The molecule has 0 amide bonds. The lowest BCUT2D eigenvalue weighted by Crippen LogP contribution is -2.20. The monoisotopic (exact) mass is 170 g/mol. The van der Waals surface area contributed by atoms with E-state index in [1.165, 1.54) is 0 Å². The molecule has 2 aliphatic rings. The normalized spacial score (nSPS) is 39.8. The molecule has 1 saturated heterocycles. The van der Waals surface area contributed by atoms with Crippen LogP contribution in [0.5, 0.6) is 0 Å². The molecule has 68 valence electrons. The quantitative estimate of drug-likeness (QED) is 0.570. The molecule has 0 bridgehead atoms. The molecular weight excluding hydrogens is 156 g/mol. The van der Waals surface area contributed by atoms with Crippen LogP contribution in [0.25, 0.3) is 0 Å². The largest absolute Gasteiger partial charge is 0.396 e. The highest BCUT2D eigenvalue weighted by Crippen LogP contribution is 2.39. The van der Waals surface area contributed by atoms with Crippen molar-refractivity contribution >= 4 is 0 Å². The summed E-state index contributed by atoms with van der Waals surface area (Å²) in [7, 11) is 0. The Hall–Kier alpha value is -0.380. The van der Waals surface area contributed by atoms with E-state index in [0.717, 1.165) is 18.6 Å². The van der Waals surface area contributed by atoms with E-state index >= 15 is 0 Å². The van der Waals surface area contributed by atoms with E-state index in [4.69, 9.17) is 14.9 Å². The van der Waals surface area contributed by atoms with Crippen LogP contribution in [-0.4, -0.2) is 36.1 Å². The molecule has 1 aliphatic carbocycles. The van der Waals surface area contributed by atoms with Crippen LogP contribution in [0.2, 0.25) is 0 Å². The Morgan fingerprint density at radius 2 is 2.33 bits per heavy atom. The van der Waals surface area contributed by atoms with E-state index in [9.17, 15) is 0 Å². The minimum atomic E-state index is 0.0571. The number of aliphatic hydroxyl groups is 2. The zero-order valence-corrected chi connectivity index (χ0v) is 6.94. The number of hydrogen-bond acceptors (Lipinski definition) is 3. The maximum atomic E-state index is 9.11. The van der Waals surface area contributed by atoms with Gasteiger partial charge in [0.1, 0.15) is 0 Å². The Morgan fingerprint density at radius 1 is 1.50 bits per heavy atom. The van der Waals surface area contributed by atoms with Crippen molar-refractivity contribution in [3.8, 4) is 0 Å². The van der Waals surface area contributed by atoms with Crippen LogP contribution in [0.4, 0.5) is 0 Å². The van der Waals surface area contributed by atoms with Gasteiger partial charge in [-0.3, -0.25) is 0 Å². The van der Waals surface area contributed by atoms with Crippen molar-refractivity contribution in [2.75, 3.05) is 19.8 Å². The van der Waals surface area contributed by atoms with Crippen LogP contribution < -0.4 is 0 Å². The summed E-state index contributed by atoms with van der Waals surface area (Å²) in [5, 5.41) is 18.1. The molecule has 0 aromatic carbocycles. The van der Waals surface area contributed by atoms with Gasteiger partial charge in [0.15, 0.2) is 0 Å². The first-order valence-electron chi connectivity index (χ1n) is 4.40. The summed E-state index contributed by atoms with van der Waals surface area (Å²) < 4.78 is 5.44. The molecule has 0 radical (unpaired) electrons. The van der Waals surface area contributed by atoms with Gasteiger partial charge in [-0.15, -0.1) is 0 Å². The van der Waals surface area contributed by atoms with Gasteiger partial charge in [0.05, 0.1) is 19.3 Å². The van der Waals surface area contributed by atoms with Gasteiger partial charge in [-0.2, -0.15) is 0 Å². The van der Waals surface area contributed by atoms with Crippen LogP contribution in [0, 0.1) is 11.8 Å². The van der Waals surface area contributed by atoms with E-state index in [1.807, 2.05) is 6.08 Å². The highest BCUT2D eigenvalue weighted by molar-refractivity contribution is 5.21. The molecule has 2 N–H and O–H groups in total. The molecule has 1 heterocycles. The second kappa shape index (κ2) is 3.17. The molecule has 3 nitrogen and oxygen atoms in total. The predicted octanol–water partition coefficient (Wildman–Crippen LogP) is -0.0677. The van der Waals surface area contributed by atoms with Crippen molar-refractivity contribution in [2.24, 2.45) is 11.8 Å². The summed E-state index contributed by atoms with van der Waals surface area (Å²) in [6.07, 6.45) is 3.14. The molecule has 2 rings (SSSR count). The molecule has 0 aromatic rings. The van der Waals surface area contributed by atoms with E-state index < -0.39 is 0 Å². The number of ether oxygens (including phenoxy) is 1. The third kappa shape index (κ3) is 1.09. The van der Waals surface area contributed by atoms with Gasteiger partial charge in [-0.25, -0.2) is 0 Å². The predicted molar refractivity (Wildman–Crippen MR) is 43.6 cm³/mol. The molecular formula is C9H14O3. The van der Waals surface area contributed by atoms with Crippen molar-refractivity contribution in [1.82, 2.24) is 0 Å². The number of hydrogen-bond donors (Lipinski definition) is 2. The topological polar surface area (TPSA) is 49.7 Å². The lowest BCUT2D eigenvalue weighted by atomic mass is 9.90. The first-order chi connectivity index (χ1) is 5.86. The van der Waals surface area contributed by atoms with E-state index in [2.05, 4.69) is 0 Å². The molecule has 0 unspecified atom stereocenters. The molecule has 0 aromatic heterocycles. The fraction of sp³-hybridized carbons (Fsp3) is 0.778. The molecule has 0 saturated carbocycles. The molecule has 0 spiro atoms. The van der Waals surface area contributed by atoms with Gasteiger partial charge < -0.3 is 14.9 Å². The average molecular weight is 170 g/mol. The Bertz CT molecular complexity index is 200. The lowest BCUT2D eigenvalue weighted by Gasteiger charge is -2.17. The minimum Gasteiger partial charge on any atom is -0.396 e. The second-order valence-electron chi connectivity index (χ2n) is 3.48. The summed E-state index contributed by atoms with van der Waals surface area (Å²) in [5.74, 6) is 0.555. The average Bonchev–Trinajstić information content (AvgIpc) is 2.61. The lowest BCUT2D eigenvalue weighted by molar-refractivity contribution is 0.115. The highest BCUT2D eigenvalue weighted by atomic mass is 16.5. The molecule has 3 atom stereocenters. The Labute approximate surface area is 71.7 Å². The van der Waals surface area contributed by atoms with E-state index in [1.54, 1.807) is 0 Å². The van der Waals surface area contributed by atoms with Crippen LogP contribution in [0.1, 0.15) is 6.42 Å². The molecule has 1 fully saturated rings. The van der Waals surface area contributed by atoms with Crippen molar-refractivity contribution < 1.29 is 14.9 Å². The maximum absolute atomic E-state index is 9.11. The summed E-state index contributed by atoms with van der Waals surface area (Å²) in [5.41, 5.74) is 0.951. The van der Waals surface area contributed by atoms with E-state index in [0.29, 0.717) is 5.92 Å². The van der Waals surface area contributed by atoms with Gasteiger partial charge in [-0.05, 0) is 17.9 Å². The fourth-order valence-corrected chi connectivity index (χ4v) is 2.26. The minimum absolute atomic E-state index is 0.0571. The Morgan fingerprint density at radius 3 is 3.00 bits per heavy atom. The van der Waals surface area contributed by atoms with Crippen LogP contribution in [0.3, 0.4) is 0 Å². The van der Waals surface area contributed by atoms with Crippen molar-refractivity contribution in [1.29, 1.82) is 0 Å². The Balaban J connectivity index is 2.15. The van der Waals surface area contributed by atoms with Crippen molar-refractivity contribution in [3.05, 3.63) is 11.6 Å². The third-order valence-corrected chi connectivity index (χ3v) is 2.93. The van der Waals surface area contributed by atoms with Crippen LogP contribution >= 0.6 is 0 Å². The number of aliphatic hydroxyl groups excluding tert-OH is 2. The van der Waals surface area contributed by atoms with E-state index in [-0.39, 0.29) is 25.2 Å². The van der Waals surface area contributed by atoms with Crippen molar-refractivity contribution in [3.63, 3.8) is 0 Å². The molecule has 12 heavy (non-hydrogen) atoms. The van der Waals surface area contributed by atoms with Gasteiger partial charge in [0, 0.05) is 12.5 Å². The summed E-state index contributed by atoms with van der Waals surface area (Å²) in [6.45, 7) is 0.986. The summed E-state index contributed by atoms with van der Waals surface area (Å²) in [6, 6.07) is 0. The summed E-state index contributed by atoms with van der Waals surface area (Å²) >= 11 is 0. The molecule has 1 aliphatic heterocycles. The molecule has 3 heteroatoms. The first-order valence-corrected chi connectivity index (χ1v) is 4.40. The fourth-order valence-electron chi connectivity index (χ4n) is 2.26. The Kier molecular flexibility index (Phi) is 2.17. The van der Waals surface area contributed by atoms with Crippen LogP contribution in [-0.2, 0) is 4.74 Å². The number of rotatable bonds is 2. The van der Waals surface area contributed by atoms with Crippen LogP contribution in [0.15, 0.2) is 11.6 Å². The smallest absolute Gasteiger partial charge is 0.0794 e. The zero-order chi connectivity index (χ0) is 8.55. The maximum Gasteiger partial charge on any atom is 0.0794 e. The van der Waals surface area contributed by atoms with Crippen molar-refractivity contribution in [2.45, 2.75) is 12.5 Å². The zero-order valence-electron chi connectivity index (χ0n) is 6.94. The van der Waals surface area contributed by atoms with Gasteiger partial charge in [0.25, 0.3) is 0 Å². The SMILES string of the molecule is OCC1=C[C@@H]2OCC[C@@H]2[C@@H]1CO. The van der Waals surface area contributed by atoms with Gasteiger partial charge in [-0.1, -0.05) is 6.08 Å². The van der Waals surface area contributed by atoms with Gasteiger partial charge in [0.2, 0.25) is 0 Å².